The molecule has 0 saturated carbocycles. The molecule has 0 fully saturated rings. The maximum Gasteiger partial charge on any atom is 0.331 e. The number of nitrogens with zero attached hydrogens (tertiary/aromatic N) is 2. The van der Waals surface area contributed by atoms with Crippen LogP contribution in [0.4, 0.5) is 0 Å². The van der Waals surface area contributed by atoms with Crippen molar-refractivity contribution in [1.29, 1.82) is 5.26 Å². The Bertz CT molecular complexity index is 1130. The van der Waals surface area contributed by atoms with Gasteiger partial charge in [0.25, 0.3) is 0 Å². The van der Waals surface area contributed by atoms with Gasteiger partial charge in [-0.05, 0) is 31.6 Å². The van der Waals surface area contributed by atoms with E-state index in [1.54, 1.807) is 12.1 Å². The summed E-state index contributed by atoms with van der Waals surface area (Å²) in [6, 6.07) is 15.5. The van der Waals surface area contributed by atoms with Gasteiger partial charge in [-0.1, -0.05) is 42.0 Å². The summed E-state index contributed by atoms with van der Waals surface area (Å²) in [7, 11) is 0. The predicted octanol–water partition coefficient (Wildman–Crippen LogP) is 4.61. The van der Waals surface area contributed by atoms with Crippen LogP contribution in [-0.2, 0) is 16.1 Å². The van der Waals surface area contributed by atoms with E-state index in [1.807, 2.05) is 61.0 Å². The van der Waals surface area contributed by atoms with E-state index in [0.717, 1.165) is 27.6 Å². The summed E-state index contributed by atoms with van der Waals surface area (Å²) in [5.74, 6) is -0.797. The molecule has 0 unspecified atom stereocenters. The van der Waals surface area contributed by atoms with Crippen molar-refractivity contribution in [2.24, 2.45) is 0 Å². The van der Waals surface area contributed by atoms with Crippen LogP contribution >= 0.6 is 0 Å². The molecule has 3 aromatic rings. The molecular formula is C24H22N2O3. The van der Waals surface area contributed by atoms with Crippen LogP contribution in [0.15, 0.2) is 54.7 Å². The molecule has 0 aliphatic carbocycles. The summed E-state index contributed by atoms with van der Waals surface area (Å²) in [5, 5.41) is 9.82. The fourth-order valence-electron chi connectivity index (χ4n) is 3.31. The van der Waals surface area contributed by atoms with Gasteiger partial charge in [0.1, 0.15) is 0 Å². The number of carbonyl (C=O) groups excluding carboxylic acids is 2. The van der Waals surface area contributed by atoms with Gasteiger partial charge in [-0.2, -0.15) is 5.26 Å². The van der Waals surface area contributed by atoms with Crippen LogP contribution in [0.2, 0.25) is 0 Å². The number of hydrogen-bond acceptors (Lipinski definition) is 4. The first-order valence-electron chi connectivity index (χ1n) is 9.39. The highest BCUT2D eigenvalue weighted by atomic mass is 16.5. The normalized spacial score (nSPS) is 10.9. The van der Waals surface area contributed by atoms with Crippen LogP contribution in [-0.4, -0.2) is 22.9 Å². The molecule has 0 amide bonds. The van der Waals surface area contributed by atoms with Gasteiger partial charge in [0.15, 0.2) is 6.61 Å². The van der Waals surface area contributed by atoms with Crippen LogP contribution in [0.25, 0.3) is 17.0 Å². The molecule has 0 N–H and O–H groups in total. The van der Waals surface area contributed by atoms with E-state index in [4.69, 9.17) is 10.00 Å². The van der Waals surface area contributed by atoms with Gasteiger partial charge in [0.2, 0.25) is 5.78 Å². The highest BCUT2D eigenvalue weighted by molar-refractivity contribution is 6.00. The second kappa shape index (κ2) is 9.03. The maximum atomic E-state index is 12.3. The number of ketones is 1. The number of rotatable bonds is 7. The Morgan fingerprint density at radius 2 is 1.97 bits per heavy atom. The summed E-state index contributed by atoms with van der Waals surface area (Å²) in [5.41, 5.74) is 4.37. The Morgan fingerprint density at radius 3 is 2.72 bits per heavy atom. The van der Waals surface area contributed by atoms with Crippen molar-refractivity contribution in [3.63, 3.8) is 0 Å². The fourth-order valence-corrected chi connectivity index (χ4v) is 3.31. The molecule has 0 aliphatic rings. The zero-order valence-electron chi connectivity index (χ0n) is 16.5. The molecule has 0 radical (unpaired) electrons. The molecule has 0 spiro atoms. The van der Waals surface area contributed by atoms with Crippen LogP contribution < -0.4 is 0 Å². The molecule has 2 aromatic carbocycles. The van der Waals surface area contributed by atoms with E-state index in [9.17, 15) is 9.59 Å². The molecule has 0 aliphatic heterocycles. The molecule has 0 bridgehead atoms. The lowest BCUT2D eigenvalue weighted by molar-refractivity contribution is -0.136. The maximum absolute atomic E-state index is 12.3. The molecule has 3 rings (SSSR count). The van der Waals surface area contributed by atoms with Crippen LogP contribution in [0.1, 0.15) is 33.5 Å². The smallest absolute Gasteiger partial charge is 0.331 e. The number of aromatic nitrogens is 1. The Balaban J connectivity index is 1.68. The summed E-state index contributed by atoms with van der Waals surface area (Å²) < 4.78 is 7.12. The van der Waals surface area contributed by atoms with Crippen molar-refractivity contribution in [2.75, 3.05) is 6.61 Å². The third-order valence-corrected chi connectivity index (χ3v) is 4.71. The van der Waals surface area contributed by atoms with Gasteiger partial charge < -0.3 is 9.30 Å². The highest BCUT2D eigenvalue weighted by Gasteiger charge is 2.11. The Labute approximate surface area is 169 Å². The lowest BCUT2D eigenvalue weighted by Crippen LogP contribution is -2.13. The van der Waals surface area contributed by atoms with Crippen LogP contribution in [0.3, 0.4) is 0 Å². The zero-order valence-corrected chi connectivity index (χ0v) is 16.5. The number of ether oxygens (including phenoxy) is 1. The number of aryl methyl sites for hydroxylation is 3. The van der Waals surface area contributed by atoms with Crippen molar-refractivity contribution in [1.82, 2.24) is 4.57 Å². The number of Topliss-reactive ketones (excluding diaryl/α,β-unsaturated/α-hetero) is 1. The monoisotopic (exact) mass is 386 g/mol. The molecular weight excluding hydrogens is 364 g/mol. The standard InChI is InChI=1S/C24H22N2O3/c1-17-8-10-20(18(2)14-17)23(27)16-29-24(28)11-9-19-15-26(13-5-12-25)22-7-4-3-6-21(19)22/h3-4,6-11,14-15H,5,13,16H2,1-2H3/b11-9+. The minimum atomic E-state index is -0.572. The Kier molecular flexibility index (Phi) is 6.25. The number of carbonyl (C=O) groups is 2. The van der Waals surface area contributed by atoms with Crippen molar-refractivity contribution < 1.29 is 14.3 Å². The van der Waals surface area contributed by atoms with Crippen molar-refractivity contribution >= 4 is 28.7 Å². The molecule has 1 heterocycles. The number of fused-ring (bicyclic) bond motifs is 1. The zero-order chi connectivity index (χ0) is 20.8. The summed E-state index contributed by atoms with van der Waals surface area (Å²) >= 11 is 0. The lowest BCUT2D eigenvalue weighted by Gasteiger charge is -2.06. The third kappa shape index (κ3) is 4.80. The fraction of sp³-hybridized carbons (Fsp3) is 0.208. The number of esters is 1. The summed E-state index contributed by atoms with van der Waals surface area (Å²) in [6.07, 6.45) is 5.32. The first-order valence-corrected chi connectivity index (χ1v) is 9.39. The third-order valence-electron chi connectivity index (χ3n) is 4.71. The first-order chi connectivity index (χ1) is 14.0. The highest BCUT2D eigenvalue weighted by Crippen LogP contribution is 2.23. The van der Waals surface area contributed by atoms with Gasteiger partial charge in [-0.15, -0.1) is 0 Å². The summed E-state index contributed by atoms with van der Waals surface area (Å²) in [6.45, 7) is 4.12. The van der Waals surface area contributed by atoms with Gasteiger partial charge in [-0.25, -0.2) is 4.79 Å². The topological polar surface area (TPSA) is 72.1 Å². The van der Waals surface area contributed by atoms with Gasteiger partial charge in [0, 0.05) is 40.8 Å². The number of hydrogen-bond donors (Lipinski definition) is 0. The second-order valence-electron chi connectivity index (χ2n) is 6.89. The summed E-state index contributed by atoms with van der Waals surface area (Å²) in [4.78, 5) is 24.4. The quantitative estimate of drug-likeness (QED) is 0.338. The van der Waals surface area contributed by atoms with E-state index >= 15 is 0 Å². The second-order valence-corrected chi connectivity index (χ2v) is 6.89. The molecule has 5 heteroatoms. The van der Waals surface area contributed by atoms with E-state index in [0.29, 0.717) is 18.5 Å². The molecule has 29 heavy (non-hydrogen) atoms. The van der Waals surface area contributed by atoms with Gasteiger partial charge in [-0.3, -0.25) is 4.79 Å². The van der Waals surface area contributed by atoms with Gasteiger partial charge >= 0.3 is 5.97 Å². The minimum absolute atomic E-state index is 0.225. The molecule has 0 saturated heterocycles. The Morgan fingerprint density at radius 1 is 1.17 bits per heavy atom. The van der Waals surface area contributed by atoms with Crippen molar-refractivity contribution in [2.45, 2.75) is 26.8 Å². The number of para-hydroxylation sites is 1. The van der Waals surface area contributed by atoms with Crippen molar-refractivity contribution in [3.8, 4) is 6.07 Å². The first kappa shape index (κ1) is 20.1. The lowest BCUT2D eigenvalue weighted by atomic mass is 10.0. The molecule has 5 nitrogen and oxygen atoms in total. The minimum Gasteiger partial charge on any atom is -0.454 e. The molecule has 0 atom stereocenters. The number of benzene rings is 2. The Hall–Kier alpha value is -3.65. The molecule has 1 aromatic heterocycles. The predicted molar refractivity (Wildman–Crippen MR) is 112 cm³/mol. The van der Waals surface area contributed by atoms with E-state index in [1.165, 1.54) is 6.08 Å². The largest absolute Gasteiger partial charge is 0.454 e. The SMILES string of the molecule is Cc1ccc(C(=O)COC(=O)/C=C/c2cn(CCC#N)c3ccccc23)c(C)c1. The van der Waals surface area contributed by atoms with E-state index in [2.05, 4.69) is 6.07 Å². The van der Waals surface area contributed by atoms with Crippen LogP contribution in [0, 0.1) is 25.2 Å². The number of nitriles is 1. The van der Waals surface area contributed by atoms with Crippen LogP contribution in [0.5, 0.6) is 0 Å². The van der Waals surface area contributed by atoms with Gasteiger partial charge in [0.05, 0.1) is 12.5 Å². The molecule has 146 valence electrons. The van der Waals surface area contributed by atoms with Crippen molar-refractivity contribution in [3.05, 3.63) is 77.0 Å². The van der Waals surface area contributed by atoms with E-state index in [-0.39, 0.29) is 12.4 Å². The van der Waals surface area contributed by atoms with E-state index < -0.39 is 5.97 Å². The average Bonchev–Trinajstić information content (AvgIpc) is 3.06. The average molecular weight is 386 g/mol.